The first-order chi connectivity index (χ1) is 9.58. The van der Waals surface area contributed by atoms with E-state index in [9.17, 15) is 0 Å². The van der Waals surface area contributed by atoms with Gasteiger partial charge in [-0.25, -0.2) is 0 Å². The van der Waals surface area contributed by atoms with Crippen molar-refractivity contribution < 1.29 is 16.5 Å². The summed E-state index contributed by atoms with van der Waals surface area (Å²) in [5.74, 6) is 2.96. The molecule has 2 aliphatic carbocycles. The van der Waals surface area contributed by atoms with E-state index < -0.39 is 0 Å². The zero-order valence-electron chi connectivity index (χ0n) is 14.1. The zero-order valence-corrected chi connectivity index (χ0v) is 15.1. The van der Waals surface area contributed by atoms with Gasteiger partial charge < -0.3 is 0 Å². The third kappa shape index (κ3) is 10.8. The molecule has 21 heavy (non-hydrogen) atoms. The molecule has 0 aromatic rings. The minimum atomic E-state index is 0. The van der Waals surface area contributed by atoms with Crippen LogP contribution in [-0.4, -0.2) is 0 Å². The molecule has 2 rings (SSSR count). The molecule has 2 aliphatic rings. The fourth-order valence-corrected chi connectivity index (χ4v) is 2.42. The van der Waals surface area contributed by atoms with Crippen molar-refractivity contribution in [3.05, 3.63) is 48.6 Å². The molecular formula is C20H32Ni+2. The monoisotopic (exact) mass is 330 g/mol. The van der Waals surface area contributed by atoms with E-state index in [1.807, 2.05) is 0 Å². The zero-order chi connectivity index (χ0) is 14.8. The largest absolute Gasteiger partial charge is 2.00 e. The molecule has 0 fully saturated rings. The minimum absolute atomic E-state index is 0. The standard InChI is InChI=1S/2C10H16.Ni/c2*1-9-5-3-7-10(2)8-4-6-9;/h2*3-5,8-10H,6-7H2,1-2H3;/q;;+2/b2*5-3-,8-4-;. The van der Waals surface area contributed by atoms with E-state index in [1.54, 1.807) is 0 Å². The predicted octanol–water partition coefficient (Wildman–Crippen LogP) is 6.33. The summed E-state index contributed by atoms with van der Waals surface area (Å²) in [7, 11) is 0. The Morgan fingerprint density at radius 3 is 0.857 bits per heavy atom. The third-order valence-electron chi connectivity index (χ3n) is 3.89. The van der Waals surface area contributed by atoms with Gasteiger partial charge in [-0.1, -0.05) is 76.3 Å². The number of hydrogen-bond acceptors (Lipinski definition) is 0. The first-order valence-corrected chi connectivity index (χ1v) is 8.24. The van der Waals surface area contributed by atoms with Crippen LogP contribution in [-0.2, 0) is 16.5 Å². The van der Waals surface area contributed by atoms with Gasteiger partial charge in [-0.2, -0.15) is 0 Å². The maximum atomic E-state index is 2.32. The summed E-state index contributed by atoms with van der Waals surface area (Å²) < 4.78 is 0. The van der Waals surface area contributed by atoms with Gasteiger partial charge in [-0.15, -0.1) is 0 Å². The Morgan fingerprint density at radius 2 is 0.667 bits per heavy atom. The van der Waals surface area contributed by atoms with Crippen molar-refractivity contribution in [2.24, 2.45) is 23.7 Å². The van der Waals surface area contributed by atoms with Crippen LogP contribution in [0.1, 0.15) is 53.4 Å². The average Bonchev–Trinajstić information content (AvgIpc) is 2.35. The van der Waals surface area contributed by atoms with E-state index in [1.165, 1.54) is 25.7 Å². The van der Waals surface area contributed by atoms with E-state index in [2.05, 4.69) is 76.3 Å². The van der Waals surface area contributed by atoms with Gasteiger partial charge in [0.25, 0.3) is 0 Å². The second kappa shape index (κ2) is 12.0. The van der Waals surface area contributed by atoms with Gasteiger partial charge in [0, 0.05) is 0 Å². The Hall–Kier alpha value is -0.546. The first-order valence-electron chi connectivity index (χ1n) is 8.24. The van der Waals surface area contributed by atoms with Crippen LogP contribution in [0.15, 0.2) is 48.6 Å². The second-order valence-electron chi connectivity index (χ2n) is 6.56. The van der Waals surface area contributed by atoms with Crippen molar-refractivity contribution in [3.8, 4) is 0 Å². The van der Waals surface area contributed by atoms with E-state index in [-0.39, 0.29) is 16.5 Å². The fraction of sp³-hybridized carbons (Fsp3) is 0.600. The van der Waals surface area contributed by atoms with Crippen LogP contribution in [0.2, 0.25) is 0 Å². The summed E-state index contributed by atoms with van der Waals surface area (Å²) in [4.78, 5) is 0. The van der Waals surface area contributed by atoms with E-state index in [0.29, 0.717) is 0 Å². The molecule has 0 N–H and O–H groups in total. The molecule has 0 aromatic carbocycles. The fourth-order valence-electron chi connectivity index (χ4n) is 2.42. The van der Waals surface area contributed by atoms with E-state index in [0.717, 1.165) is 23.7 Å². The number of rotatable bonds is 0. The molecule has 0 radical (unpaired) electrons. The Labute approximate surface area is 142 Å². The molecule has 4 atom stereocenters. The molecular weight excluding hydrogens is 299 g/mol. The molecule has 0 amide bonds. The van der Waals surface area contributed by atoms with Crippen LogP contribution in [0.4, 0.5) is 0 Å². The topological polar surface area (TPSA) is 0 Å². The van der Waals surface area contributed by atoms with Crippen LogP contribution in [0.5, 0.6) is 0 Å². The van der Waals surface area contributed by atoms with E-state index in [4.69, 9.17) is 0 Å². The number of hydrogen-bond donors (Lipinski definition) is 0. The third-order valence-corrected chi connectivity index (χ3v) is 3.89. The van der Waals surface area contributed by atoms with Crippen molar-refractivity contribution in [1.29, 1.82) is 0 Å². The van der Waals surface area contributed by atoms with Crippen LogP contribution in [0.3, 0.4) is 0 Å². The number of allylic oxidation sites excluding steroid dienone is 8. The quantitative estimate of drug-likeness (QED) is 0.359. The summed E-state index contributed by atoms with van der Waals surface area (Å²) in [5.41, 5.74) is 0. The SMILES string of the molecule is CC1/C=C\CC(C)/C=C\C1.CC1/C=C\CC(C)/C=C\C1.[Ni+2]. The van der Waals surface area contributed by atoms with Crippen molar-refractivity contribution in [3.63, 3.8) is 0 Å². The molecule has 120 valence electrons. The molecule has 0 saturated carbocycles. The molecule has 1 heteroatoms. The molecule has 0 nitrogen and oxygen atoms in total. The molecule has 0 heterocycles. The van der Waals surface area contributed by atoms with Gasteiger partial charge in [0.15, 0.2) is 0 Å². The van der Waals surface area contributed by atoms with Crippen LogP contribution < -0.4 is 0 Å². The van der Waals surface area contributed by atoms with Crippen LogP contribution in [0, 0.1) is 23.7 Å². The predicted molar refractivity (Wildman–Crippen MR) is 91.7 cm³/mol. The molecule has 0 aliphatic heterocycles. The maximum absolute atomic E-state index is 2.32. The van der Waals surface area contributed by atoms with Gasteiger partial charge in [0.05, 0.1) is 0 Å². The Kier molecular flexibility index (Phi) is 11.7. The van der Waals surface area contributed by atoms with Crippen molar-refractivity contribution in [2.75, 3.05) is 0 Å². The van der Waals surface area contributed by atoms with Crippen molar-refractivity contribution in [2.45, 2.75) is 53.4 Å². The van der Waals surface area contributed by atoms with Gasteiger partial charge in [0.2, 0.25) is 0 Å². The van der Waals surface area contributed by atoms with Crippen LogP contribution >= 0.6 is 0 Å². The average molecular weight is 331 g/mol. The summed E-state index contributed by atoms with van der Waals surface area (Å²) in [6, 6.07) is 0. The second-order valence-corrected chi connectivity index (χ2v) is 6.56. The van der Waals surface area contributed by atoms with E-state index >= 15 is 0 Å². The molecule has 4 unspecified atom stereocenters. The first kappa shape index (κ1) is 20.5. The summed E-state index contributed by atoms with van der Waals surface area (Å²) in [5, 5.41) is 0. The summed E-state index contributed by atoms with van der Waals surface area (Å²) in [6.45, 7) is 9.04. The Balaban J connectivity index is 0.000000364. The Morgan fingerprint density at radius 1 is 0.476 bits per heavy atom. The molecule has 0 spiro atoms. The normalized spacial score (nSPS) is 37.9. The molecule has 0 saturated heterocycles. The Bertz CT molecular complexity index is 290. The molecule has 0 bridgehead atoms. The smallest absolute Gasteiger partial charge is 0.0877 e. The van der Waals surface area contributed by atoms with Gasteiger partial charge in [0.1, 0.15) is 0 Å². The van der Waals surface area contributed by atoms with Crippen molar-refractivity contribution >= 4 is 0 Å². The summed E-state index contributed by atoms with van der Waals surface area (Å²) in [6.07, 6.45) is 23.3. The van der Waals surface area contributed by atoms with Gasteiger partial charge in [-0.05, 0) is 49.4 Å². The van der Waals surface area contributed by atoms with Crippen LogP contribution in [0.25, 0.3) is 0 Å². The molecule has 0 aromatic heterocycles. The van der Waals surface area contributed by atoms with Gasteiger partial charge >= 0.3 is 16.5 Å². The minimum Gasteiger partial charge on any atom is -0.0877 e. The van der Waals surface area contributed by atoms with Gasteiger partial charge in [-0.3, -0.25) is 0 Å². The summed E-state index contributed by atoms with van der Waals surface area (Å²) >= 11 is 0. The maximum Gasteiger partial charge on any atom is 2.00 e. The van der Waals surface area contributed by atoms with Crippen molar-refractivity contribution in [1.82, 2.24) is 0 Å².